The average molecular weight is 471 g/mol. The van der Waals surface area contributed by atoms with E-state index in [0.29, 0.717) is 18.5 Å². The number of rotatable bonds is 5. The molecule has 0 saturated heterocycles. The van der Waals surface area contributed by atoms with Gasteiger partial charge in [0, 0.05) is 32.4 Å². The minimum Gasteiger partial charge on any atom is -0.354 e. The van der Waals surface area contributed by atoms with E-state index >= 15 is 0 Å². The van der Waals surface area contributed by atoms with Crippen LogP contribution < -0.4 is 10.6 Å². The Morgan fingerprint density at radius 1 is 1.31 bits per heavy atom. The van der Waals surface area contributed by atoms with Crippen LogP contribution in [0.1, 0.15) is 31.4 Å². The minimum atomic E-state index is 0. The monoisotopic (exact) mass is 471 g/mol. The molecule has 1 fully saturated rings. The van der Waals surface area contributed by atoms with Gasteiger partial charge in [0.1, 0.15) is 0 Å². The molecule has 2 N–H and O–H groups in total. The van der Waals surface area contributed by atoms with Gasteiger partial charge in [-0.25, -0.2) is 14.5 Å². The van der Waals surface area contributed by atoms with Crippen LogP contribution in [0.2, 0.25) is 0 Å². The molecule has 0 unspecified atom stereocenters. The number of hydrogen-bond acceptors (Lipinski definition) is 4. The molecule has 1 saturated carbocycles. The molecule has 2 heterocycles. The molecule has 0 atom stereocenters. The van der Waals surface area contributed by atoms with Crippen molar-refractivity contribution in [1.82, 2.24) is 30.1 Å². The van der Waals surface area contributed by atoms with Gasteiger partial charge in [-0.1, -0.05) is 12.8 Å². The molecular weight excluding hydrogens is 445 g/mol. The zero-order valence-electron chi connectivity index (χ0n) is 15.2. The number of amides is 1. The number of aromatic nitrogens is 3. The minimum absolute atomic E-state index is 0. The maximum absolute atomic E-state index is 11.9. The van der Waals surface area contributed by atoms with E-state index in [4.69, 9.17) is 0 Å². The van der Waals surface area contributed by atoms with Gasteiger partial charge in [0.2, 0.25) is 5.91 Å². The molecule has 8 nitrogen and oxygen atoms in total. The van der Waals surface area contributed by atoms with Gasteiger partial charge in [-0.05, 0) is 18.9 Å². The number of fused-ring (bicyclic) bond motifs is 1. The highest BCUT2D eigenvalue weighted by atomic mass is 127. The summed E-state index contributed by atoms with van der Waals surface area (Å²) in [5, 5.41) is 10.9. The maximum atomic E-state index is 11.9. The largest absolute Gasteiger partial charge is 0.354 e. The quantitative estimate of drug-likeness (QED) is 0.392. The first-order valence-corrected chi connectivity index (χ1v) is 8.66. The van der Waals surface area contributed by atoms with Crippen LogP contribution in [0.15, 0.2) is 29.5 Å². The van der Waals surface area contributed by atoms with Gasteiger partial charge in [0.25, 0.3) is 0 Å². The molecule has 0 bridgehead atoms. The Balaban J connectivity index is 0.00000243. The highest BCUT2D eigenvalue weighted by Crippen LogP contribution is 2.17. The van der Waals surface area contributed by atoms with Crippen molar-refractivity contribution in [2.45, 2.75) is 38.3 Å². The second-order valence-electron chi connectivity index (χ2n) is 6.47. The van der Waals surface area contributed by atoms with Crippen molar-refractivity contribution in [2.24, 2.45) is 4.99 Å². The van der Waals surface area contributed by atoms with Crippen molar-refractivity contribution in [3.05, 3.63) is 30.2 Å². The van der Waals surface area contributed by atoms with Crippen molar-refractivity contribution < 1.29 is 4.79 Å². The molecular formula is C17H26IN7O. The average Bonchev–Trinajstić information content (AvgIpc) is 3.28. The number of carbonyl (C=O) groups is 1. The first-order valence-electron chi connectivity index (χ1n) is 8.66. The molecule has 0 aliphatic heterocycles. The summed E-state index contributed by atoms with van der Waals surface area (Å²) < 4.78 is 1.78. The van der Waals surface area contributed by atoms with Crippen LogP contribution in [0.4, 0.5) is 0 Å². The first kappa shape index (κ1) is 20.4. The van der Waals surface area contributed by atoms with Crippen molar-refractivity contribution in [3.63, 3.8) is 0 Å². The fraction of sp³-hybridized carbons (Fsp3) is 0.529. The number of carbonyl (C=O) groups excluding carboxylic acids is 1. The molecule has 1 amide bonds. The summed E-state index contributed by atoms with van der Waals surface area (Å²) in [5.74, 6) is 0.679. The van der Waals surface area contributed by atoms with E-state index in [1.54, 1.807) is 35.9 Å². The fourth-order valence-corrected chi connectivity index (χ4v) is 2.90. The number of nitrogens with zero attached hydrogens (tertiary/aromatic N) is 5. The third-order valence-electron chi connectivity index (χ3n) is 4.37. The Morgan fingerprint density at radius 2 is 2.08 bits per heavy atom. The van der Waals surface area contributed by atoms with Gasteiger partial charge in [-0.3, -0.25) is 4.79 Å². The van der Waals surface area contributed by atoms with Crippen molar-refractivity contribution in [3.8, 4) is 0 Å². The standard InChI is InChI=1S/C17H25N7O.HI/c1-23(2)16(25)12-20-17(22-13-5-3-4-6-13)19-11-14-7-9-18-15-8-10-21-24(14)15;/h7-10,13H,3-6,11-12H2,1-2H3,(H2,19,20,22);1H. The summed E-state index contributed by atoms with van der Waals surface area (Å²) in [6.07, 6.45) is 8.23. The van der Waals surface area contributed by atoms with E-state index in [0.717, 1.165) is 24.2 Å². The fourth-order valence-electron chi connectivity index (χ4n) is 2.90. The summed E-state index contributed by atoms with van der Waals surface area (Å²) >= 11 is 0. The van der Waals surface area contributed by atoms with E-state index in [9.17, 15) is 4.79 Å². The zero-order chi connectivity index (χ0) is 17.6. The number of guanidine groups is 1. The van der Waals surface area contributed by atoms with Gasteiger partial charge in [-0.2, -0.15) is 5.10 Å². The van der Waals surface area contributed by atoms with Crippen LogP contribution in [0, 0.1) is 0 Å². The normalized spacial score (nSPS) is 14.9. The highest BCUT2D eigenvalue weighted by molar-refractivity contribution is 14.0. The Labute approximate surface area is 170 Å². The van der Waals surface area contributed by atoms with Crippen LogP contribution in [0.25, 0.3) is 5.65 Å². The highest BCUT2D eigenvalue weighted by Gasteiger charge is 2.17. The van der Waals surface area contributed by atoms with Crippen LogP contribution >= 0.6 is 24.0 Å². The van der Waals surface area contributed by atoms with Crippen molar-refractivity contribution in [2.75, 3.05) is 20.6 Å². The number of hydrogen-bond donors (Lipinski definition) is 2. The lowest BCUT2D eigenvalue weighted by Crippen LogP contribution is -2.46. The number of nitrogens with one attached hydrogen (secondary N) is 2. The maximum Gasteiger partial charge on any atom is 0.241 e. The molecule has 0 radical (unpaired) electrons. The summed E-state index contributed by atoms with van der Waals surface area (Å²) in [6, 6.07) is 4.18. The predicted octanol–water partition coefficient (Wildman–Crippen LogP) is 1.41. The Bertz CT molecular complexity index is 752. The number of halogens is 1. The van der Waals surface area contributed by atoms with Gasteiger partial charge in [-0.15, -0.1) is 24.0 Å². The van der Waals surface area contributed by atoms with Gasteiger partial charge >= 0.3 is 0 Å². The molecule has 1 aliphatic rings. The molecule has 9 heteroatoms. The molecule has 26 heavy (non-hydrogen) atoms. The summed E-state index contributed by atoms with van der Waals surface area (Å²) in [5.41, 5.74) is 1.75. The predicted molar refractivity (Wildman–Crippen MR) is 112 cm³/mol. The topological polar surface area (TPSA) is 86.9 Å². The molecule has 0 spiro atoms. The van der Waals surface area contributed by atoms with Crippen molar-refractivity contribution in [1.29, 1.82) is 0 Å². The first-order chi connectivity index (χ1) is 12.1. The van der Waals surface area contributed by atoms with E-state index in [1.807, 2.05) is 12.1 Å². The SMILES string of the molecule is CN(C)C(=O)CNC(=NCc1ccnc2ccnn12)NC1CCCC1.I. The van der Waals surface area contributed by atoms with Gasteiger partial charge < -0.3 is 15.5 Å². The number of likely N-dealkylation sites (N-methyl/N-ethyl adjacent to an activating group) is 1. The van der Waals surface area contributed by atoms with E-state index in [-0.39, 0.29) is 36.4 Å². The lowest BCUT2D eigenvalue weighted by Gasteiger charge is -2.18. The second kappa shape index (κ2) is 9.70. The molecule has 2 aromatic heterocycles. The zero-order valence-corrected chi connectivity index (χ0v) is 17.5. The molecule has 1 aliphatic carbocycles. The van der Waals surface area contributed by atoms with E-state index in [2.05, 4.69) is 25.7 Å². The van der Waals surface area contributed by atoms with E-state index in [1.165, 1.54) is 12.8 Å². The Hall–Kier alpha value is -1.91. The Morgan fingerprint density at radius 3 is 2.81 bits per heavy atom. The van der Waals surface area contributed by atoms with Crippen molar-refractivity contribution >= 4 is 41.5 Å². The van der Waals surface area contributed by atoms with Gasteiger partial charge in [0.05, 0.1) is 25.0 Å². The smallest absolute Gasteiger partial charge is 0.241 e. The molecule has 2 aromatic rings. The second-order valence-corrected chi connectivity index (χ2v) is 6.47. The van der Waals surface area contributed by atoms with Crippen LogP contribution in [-0.4, -0.2) is 58.0 Å². The molecule has 0 aromatic carbocycles. The lowest BCUT2D eigenvalue weighted by molar-refractivity contribution is -0.127. The summed E-state index contributed by atoms with van der Waals surface area (Å²) in [7, 11) is 3.49. The molecule has 142 valence electrons. The van der Waals surface area contributed by atoms with Crippen LogP contribution in [0.5, 0.6) is 0 Å². The Kier molecular flexibility index (Phi) is 7.61. The van der Waals surface area contributed by atoms with Crippen LogP contribution in [-0.2, 0) is 11.3 Å². The van der Waals surface area contributed by atoms with Crippen LogP contribution in [0.3, 0.4) is 0 Å². The molecule has 3 rings (SSSR count). The summed E-state index contributed by atoms with van der Waals surface area (Å²) in [6.45, 7) is 0.679. The van der Waals surface area contributed by atoms with E-state index < -0.39 is 0 Å². The lowest BCUT2D eigenvalue weighted by atomic mass is 10.2. The third kappa shape index (κ3) is 5.29. The van der Waals surface area contributed by atoms with Gasteiger partial charge in [0.15, 0.2) is 11.6 Å². The third-order valence-corrected chi connectivity index (χ3v) is 4.37. The number of aliphatic imine (C=N–C) groups is 1. The summed E-state index contributed by atoms with van der Waals surface area (Å²) in [4.78, 5) is 22.3.